The van der Waals surface area contributed by atoms with Crippen molar-refractivity contribution in [1.82, 2.24) is 18.7 Å². The van der Waals surface area contributed by atoms with Crippen molar-refractivity contribution in [2.24, 2.45) is 14.1 Å². The smallest absolute Gasteiger partial charge is 0.296 e. The van der Waals surface area contributed by atoms with Crippen molar-refractivity contribution in [2.45, 2.75) is 6.54 Å². The minimum Gasteiger partial charge on any atom is -0.296 e. The van der Waals surface area contributed by atoms with Crippen molar-refractivity contribution in [3.05, 3.63) is 59.4 Å². The number of Topliss-reactive ketones (excluding diaryl/α,β-unsaturated/α-hetero) is 1. The summed E-state index contributed by atoms with van der Waals surface area (Å²) in [5, 5.41) is 0.613. The summed E-state index contributed by atoms with van der Waals surface area (Å²) < 4.78 is 3.97. The summed E-state index contributed by atoms with van der Waals surface area (Å²) in [7, 11) is 2.89. The average molecular weight is 446 g/mol. The summed E-state index contributed by atoms with van der Waals surface area (Å²) in [5.41, 5.74) is -0.323. The number of ketones is 1. The van der Waals surface area contributed by atoms with Crippen molar-refractivity contribution in [1.29, 1.82) is 0 Å². The van der Waals surface area contributed by atoms with E-state index >= 15 is 0 Å². The van der Waals surface area contributed by atoms with Crippen molar-refractivity contribution in [3.8, 4) is 0 Å². The monoisotopic (exact) mass is 444 g/mol. The molecular weight excluding hydrogens is 435 g/mol. The minimum absolute atomic E-state index is 0.0958. The van der Waals surface area contributed by atoms with Gasteiger partial charge >= 0.3 is 5.69 Å². The van der Waals surface area contributed by atoms with E-state index in [1.54, 1.807) is 6.07 Å². The van der Waals surface area contributed by atoms with Crippen molar-refractivity contribution in [2.75, 3.05) is 0 Å². The zero-order valence-corrected chi connectivity index (χ0v) is 16.2. The van der Waals surface area contributed by atoms with E-state index in [0.29, 0.717) is 10.6 Å². The molecule has 0 unspecified atom stereocenters. The van der Waals surface area contributed by atoms with Crippen LogP contribution < -0.4 is 11.2 Å². The van der Waals surface area contributed by atoms with Crippen LogP contribution in [0.15, 0.2) is 32.5 Å². The predicted molar refractivity (Wildman–Crippen MR) is 98.7 cm³/mol. The first kappa shape index (κ1) is 17.9. The summed E-state index contributed by atoms with van der Waals surface area (Å²) in [5.74, 6) is -0.272. The van der Waals surface area contributed by atoms with Gasteiger partial charge in [-0.25, -0.2) is 9.78 Å². The van der Waals surface area contributed by atoms with Crippen LogP contribution in [0.25, 0.3) is 11.2 Å². The van der Waals surface area contributed by atoms with E-state index < -0.39 is 11.2 Å². The number of benzene rings is 1. The third-order valence-corrected chi connectivity index (χ3v) is 5.18. The number of carbonyl (C=O) groups excluding carboxylic acids is 1. The fraction of sp³-hybridized carbons (Fsp3) is 0.200. The number of halogens is 3. The van der Waals surface area contributed by atoms with Gasteiger partial charge in [0.05, 0.1) is 16.6 Å². The van der Waals surface area contributed by atoms with Crippen LogP contribution >= 0.6 is 39.1 Å². The summed E-state index contributed by atoms with van der Waals surface area (Å²) in [4.78, 5) is 41.1. The highest BCUT2D eigenvalue weighted by Crippen LogP contribution is 2.24. The molecule has 10 heteroatoms. The van der Waals surface area contributed by atoms with Gasteiger partial charge in [-0.05, 0) is 34.1 Å². The van der Waals surface area contributed by atoms with Gasteiger partial charge < -0.3 is 0 Å². The lowest BCUT2D eigenvalue weighted by Gasteiger charge is -2.09. The Morgan fingerprint density at radius 3 is 2.48 bits per heavy atom. The van der Waals surface area contributed by atoms with Gasteiger partial charge in [0.2, 0.25) is 0 Å². The Morgan fingerprint density at radius 1 is 1.16 bits per heavy atom. The zero-order chi connectivity index (χ0) is 18.5. The molecule has 0 radical (unpaired) electrons. The first-order chi connectivity index (χ1) is 11.7. The molecule has 0 fully saturated rings. The Balaban J connectivity index is 2.15. The highest BCUT2D eigenvalue weighted by Gasteiger charge is 2.20. The molecule has 2 heterocycles. The van der Waals surface area contributed by atoms with Crippen LogP contribution in [0.4, 0.5) is 0 Å². The molecule has 1 aromatic carbocycles. The number of fused-ring (bicyclic) bond motifs is 1. The predicted octanol–water partition coefficient (Wildman–Crippen LogP) is 2.39. The van der Waals surface area contributed by atoms with Crippen LogP contribution in [-0.4, -0.2) is 24.5 Å². The number of hydrogen-bond donors (Lipinski definition) is 0. The van der Waals surface area contributed by atoms with Gasteiger partial charge in [-0.2, -0.15) is 0 Å². The lowest BCUT2D eigenvalue weighted by atomic mass is 10.1. The highest BCUT2D eigenvalue weighted by molar-refractivity contribution is 9.10. The van der Waals surface area contributed by atoms with Gasteiger partial charge in [-0.3, -0.25) is 23.3 Å². The zero-order valence-electron chi connectivity index (χ0n) is 13.1. The number of rotatable bonds is 3. The number of nitrogens with zero attached hydrogens (tertiary/aromatic N) is 4. The number of carbonyl (C=O) groups is 1. The maximum atomic E-state index is 12.6. The minimum atomic E-state index is -0.528. The number of aromatic nitrogens is 4. The van der Waals surface area contributed by atoms with E-state index in [0.717, 1.165) is 4.57 Å². The van der Waals surface area contributed by atoms with E-state index in [1.165, 1.54) is 35.4 Å². The van der Waals surface area contributed by atoms with E-state index in [1.807, 2.05) is 0 Å². The van der Waals surface area contributed by atoms with Crippen LogP contribution in [0.2, 0.25) is 10.0 Å². The van der Waals surface area contributed by atoms with Crippen LogP contribution in [0.5, 0.6) is 0 Å². The molecule has 3 aromatic rings. The lowest BCUT2D eigenvalue weighted by molar-refractivity contribution is 0.0972. The van der Waals surface area contributed by atoms with Gasteiger partial charge in [0.15, 0.2) is 21.7 Å². The highest BCUT2D eigenvalue weighted by atomic mass is 79.9. The van der Waals surface area contributed by atoms with Crippen molar-refractivity contribution >= 4 is 56.1 Å². The fourth-order valence-electron chi connectivity index (χ4n) is 2.51. The van der Waals surface area contributed by atoms with E-state index in [2.05, 4.69) is 20.9 Å². The molecule has 2 aromatic heterocycles. The summed E-state index contributed by atoms with van der Waals surface area (Å²) >= 11 is 15.1. The van der Waals surface area contributed by atoms with Gasteiger partial charge in [-0.15, -0.1) is 0 Å². The molecule has 7 nitrogen and oxygen atoms in total. The molecule has 0 atom stereocenters. The first-order valence-electron chi connectivity index (χ1n) is 7.02. The van der Waals surface area contributed by atoms with Crippen LogP contribution in [0.3, 0.4) is 0 Å². The summed E-state index contributed by atoms with van der Waals surface area (Å²) in [6, 6.07) is 4.56. The maximum Gasteiger partial charge on any atom is 0.332 e. The molecule has 0 aliphatic heterocycles. The second-order valence-corrected chi connectivity index (χ2v) is 6.92. The second-order valence-electron chi connectivity index (χ2n) is 5.40. The molecule has 0 amide bonds. The Kier molecular flexibility index (Phi) is 4.61. The Morgan fingerprint density at radius 2 is 1.84 bits per heavy atom. The summed E-state index contributed by atoms with van der Waals surface area (Å²) in [6.45, 7) is -0.129. The van der Waals surface area contributed by atoms with E-state index in [9.17, 15) is 14.4 Å². The van der Waals surface area contributed by atoms with Crippen LogP contribution in [0.1, 0.15) is 10.4 Å². The van der Waals surface area contributed by atoms with Crippen molar-refractivity contribution < 1.29 is 4.79 Å². The van der Waals surface area contributed by atoms with E-state index in [-0.39, 0.29) is 33.2 Å². The van der Waals surface area contributed by atoms with Gasteiger partial charge in [0.1, 0.15) is 0 Å². The van der Waals surface area contributed by atoms with Crippen molar-refractivity contribution in [3.63, 3.8) is 0 Å². The molecule has 0 saturated heterocycles. The molecule has 3 rings (SSSR count). The van der Waals surface area contributed by atoms with Gasteiger partial charge in [0, 0.05) is 19.7 Å². The topological polar surface area (TPSA) is 78.9 Å². The number of aryl methyl sites for hydroxylation is 1. The molecule has 25 heavy (non-hydrogen) atoms. The number of imidazole rings is 1. The van der Waals surface area contributed by atoms with Crippen LogP contribution in [0, 0.1) is 0 Å². The molecule has 0 aliphatic rings. The molecule has 0 N–H and O–H groups in total. The average Bonchev–Trinajstić information content (AvgIpc) is 2.90. The molecule has 130 valence electrons. The second kappa shape index (κ2) is 6.44. The summed E-state index contributed by atoms with van der Waals surface area (Å²) in [6.07, 6.45) is 0. The first-order valence-corrected chi connectivity index (χ1v) is 8.57. The SMILES string of the molecule is Cn1c(=O)c2nc(Br)n(CC(=O)c3ccc(Cl)c(Cl)c3)c2n(C)c1=O. The third kappa shape index (κ3) is 2.94. The molecular formula is C15H11BrCl2N4O3. The standard InChI is InChI=1S/C15H11BrCl2N4O3/c1-20-12-11(13(24)21(2)15(20)25)19-14(16)22(12)6-10(23)7-3-4-8(17)9(18)5-7/h3-5H,6H2,1-2H3. The normalized spacial score (nSPS) is 11.2. The van der Waals surface area contributed by atoms with Gasteiger partial charge in [-0.1, -0.05) is 23.2 Å². The quantitative estimate of drug-likeness (QED) is 0.458. The largest absolute Gasteiger partial charge is 0.332 e. The Labute approximate surface area is 159 Å². The van der Waals surface area contributed by atoms with E-state index in [4.69, 9.17) is 23.2 Å². The van der Waals surface area contributed by atoms with Gasteiger partial charge in [0.25, 0.3) is 5.56 Å². The fourth-order valence-corrected chi connectivity index (χ4v) is 3.28. The maximum absolute atomic E-state index is 12.6. The Hall–Kier alpha value is -1.90. The molecule has 0 aliphatic carbocycles. The molecule has 0 saturated carbocycles. The Bertz CT molecular complexity index is 1150. The molecule has 0 bridgehead atoms. The third-order valence-electron chi connectivity index (χ3n) is 3.84. The lowest BCUT2D eigenvalue weighted by Crippen LogP contribution is -2.37. The van der Waals surface area contributed by atoms with Crippen LogP contribution in [-0.2, 0) is 20.6 Å². The molecule has 0 spiro atoms. The number of hydrogen-bond acceptors (Lipinski definition) is 4.